The van der Waals surface area contributed by atoms with E-state index in [9.17, 15) is 23.3 Å². The number of amides is 1. The highest BCUT2D eigenvalue weighted by Gasteiger charge is 2.25. The fourth-order valence-corrected chi connectivity index (χ4v) is 3.42. The first-order chi connectivity index (χ1) is 13.3. The lowest BCUT2D eigenvalue weighted by Crippen LogP contribution is -2.30. The molecule has 1 aromatic heterocycles. The maximum atomic E-state index is 12.4. The first kappa shape index (κ1) is 21.6. The lowest BCUT2D eigenvalue weighted by atomic mass is 10.1. The summed E-state index contributed by atoms with van der Waals surface area (Å²) in [5.41, 5.74) is 1.54. The van der Waals surface area contributed by atoms with E-state index < -0.39 is 26.4 Å². The molecule has 28 heavy (non-hydrogen) atoms. The summed E-state index contributed by atoms with van der Waals surface area (Å²) >= 11 is 1.38. The number of sulfone groups is 1. The van der Waals surface area contributed by atoms with Crippen molar-refractivity contribution in [3.8, 4) is 11.5 Å². The van der Waals surface area contributed by atoms with Crippen molar-refractivity contribution >= 4 is 32.8 Å². The van der Waals surface area contributed by atoms with Crippen LogP contribution in [0.4, 0.5) is 5.69 Å². The summed E-state index contributed by atoms with van der Waals surface area (Å²) in [6.07, 6.45) is 0. The smallest absolute Gasteiger partial charge is 0.286 e. The van der Waals surface area contributed by atoms with Crippen LogP contribution in [-0.4, -0.2) is 49.4 Å². The molecule has 1 amide bonds. The van der Waals surface area contributed by atoms with Crippen LogP contribution < -0.4 is 14.8 Å². The second-order valence-corrected chi connectivity index (χ2v) is 8.73. The van der Waals surface area contributed by atoms with E-state index in [1.807, 2.05) is 0 Å². The second kappa shape index (κ2) is 9.46. The molecule has 0 fully saturated rings. The van der Waals surface area contributed by atoms with E-state index in [1.165, 1.54) is 31.4 Å². The minimum atomic E-state index is -3.27. The summed E-state index contributed by atoms with van der Waals surface area (Å²) in [4.78, 5) is 27.1. The number of nitrogens with one attached hydrogen (secondary N) is 1. The number of hydrogen-bond donors (Lipinski definition) is 1. The second-order valence-electron chi connectivity index (χ2n) is 5.54. The Labute approximate surface area is 165 Å². The molecule has 0 aliphatic rings. The Morgan fingerprint density at radius 1 is 1.36 bits per heavy atom. The number of carbonyl (C=O) groups is 1. The fraction of sp³-hybridized carbons (Fsp3) is 0.375. The quantitative estimate of drug-likeness (QED) is 0.446. The number of methoxy groups -OCH3 is 1. The maximum Gasteiger partial charge on any atom is 0.286 e. The molecule has 0 saturated carbocycles. The molecule has 0 unspecified atom stereocenters. The number of benzene rings is 1. The van der Waals surface area contributed by atoms with Gasteiger partial charge in [0, 0.05) is 23.7 Å². The molecule has 12 heteroatoms. The van der Waals surface area contributed by atoms with Crippen LogP contribution in [0.5, 0.6) is 11.5 Å². The average molecular weight is 429 g/mol. The van der Waals surface area contributed by atoms with Gasteiger partial charge in [-0.25, -0.2) is 13.4 Å². The topological polar surface area (TPSA) is 138 Å². The predicted octanol–water partition coefficient (Wildman–Crippen LogP) is 1.80. The van der Waals surface area contributed by atoms with Gasteiger partial charge in [-0.05, 0) is 0 Å². The van der Waals surface area contributed by atoms with Gasteiger partial charge in [-0.1, -0.05) is 6.92 Å². The summed E-state index contributed by atoms with van der Waals surface area (Å²) in [7, 11) is -1.93. The van der Waals surface area contributed by atoms with Crippen LogP contribution in [0.15, 0.2) is 23.0 Å². The summed E-state index contributed by atoms with van der Waals surface area (Å²) in [6, 6.07) is 2.29. The molecule has 0 bridgehead atoms. The van der Waals surface area contributed by atoms with Crippen LogP contribution in [-0.2, 0) is 16.4 Å². The van der Waals surface area contributed by atoms with E-state index in [2.05, 4.69) is 10.3 Å². The normalized spacial score (nSPS) is 11.1. The van der Waals surface area contributed by atoms with Crippen LogP contribution in [0.2, 0.25) is 0 Å². The van der Waals surface area contributed by atoms with Gasteiger partial charge in [0.2, 0.25) is 0 Å². The van der Waals surface area contributed by atoms with Gasteiger partial charge >= 0.3 is 0 Å². The summed E-state index contributed by atoms with van der Waals surface area (Å²) in [5, 5.41) is 15.6. The number of thiazole rings is 1. The molecule has 152 valence electrons. The SMILES string of the molecule is CCS(=O)(=O)CCNC(=O)c1cc(OC)c(OCc2cscn2)cc1[N+](=O)[O-]. The highest BCUT2D eigenvalue weighted by atomic mass is 32.2. The Balaban J connectivity index is 2.23. The number of nitrogens with zero attached hydrogens (tertiary/aromatic N) is 2. The molecule has 0 saturated heterocycles. The fourth-order valence-electron chi connectivity index (χ4n) is 2.17. The number of nitro benzene ring substituents is 1. The van der Waals surface area contributed by atoms with Crippen molar-refractivity contribution in [1.82, 2.24) is 10.3 Å². The third-order valence-electron chi connectivity index (χ3n) is 3.72. The molecule has 0 radical (unpaired) electrons. The van der Waals surface area contributed by atoms with Crippen molar-refractivity contribution in [3.63, 3.8) is 0 Å². The molecular weight excluding hydrogens is 410 g/mol. The number of hydrogen-bond acceptors (Lipinski definition) is 9. The van der Waals surface area contributed by atoms with Gasteiger partial charge in [-0.15, -0.1) is 11.3 Å². The van der Waals surface area contributed by atoms with Crippen LogP contribution in [0, 0.1) is 10.1 Å². The van der Waals surface area contributed by atoms with Crippen molar-refractivity contribution in [2.75, 3.05) is 25.2 Å². The van der Waals surface area contributed by atoms with Gasteiger partial charge in [0.15, 0.2) is 21.3 Å². The highest BCUT2D eigenvalue weighted by molar-refractivity contribution is 7.91. The Hall–Kier alpha value is -2.73. The van der Waals surface area contributed by atoms with Crippen molar-refractivity contribution in [3.05, 3.63) is 44.4 Å². The zero-order valence-corrected chi connectivity index (χ0v) is 16.8. The molecule has 2 aromatic rings. The summed E-state index contributed by atoms with van der Waals surface area (Å²) in [6.45, 7) is 1.42. The van der Waals surface area contributed by atoms with Gasteiger partial charge in [0.05, 0.1) is 35.1 Å². The summed E-state index contributed by atoms with van der Waals surface area (Å²) < 4.78 is 33.7. The van der Waals surface area contributed by atoms with Crippen LogP contribution in [0.3, 0.4) is 0 Å². The standard InChI is InChI=1S/C16H19N3O7S2/c1-3-28(23,24)5-4-17-16(20)12-6-14(25-2)15(7-13(12)19(21)22)26-8-11-9-27-10-18-11/h6-7,9-10H,3-5,8H2,1-2H3,(H,17,20). The van der Waals surface area contributed by atoms with Gasteiger partial charge in [0.1, 0.15) is 12.2 Å². The third kappa shape index (κ3) is 5.63. The van der Waals surface area contributed by atoms with Crippen molar-refractivity contribution < 1.29 is 27.6 Å². The average Bonchev–Trinajstić information content (AvgIpc) is 3.18. The first-order valence-corrected chi connectivity index (χ1v) is 10.9. The number of rotatable bonds is 10. The molecule has 0 spiro atoms. The zero-order chi connectivity index (χ0) is 20.7. The highest BCUT2D eigenvalue weighted by Crippen LogP contribution is 2.35. The first-order valence-electron chi connectivity index (χ1n) is 8.12. The molecule has 0 aliphatic carbocycles. The minimum Gasteiger partial charge on any atom is -0.493 e. The summed E-state index contributed by atoms with van der Waals surface area (Å²) in [5.74, 6) is -0.863. The molecule has 0 atom stereocenters. The Morgan fingerprint density at radius 3 is 2.68 bits per heavy atom. The van der Waals surface area contributed by atoms with Gasteiger partial charge in [-0.3, -0.25) is 14.9 Å². The molecule has 2 rings (SSSR count). The van der Waals surface area contributed by atoms with Gasteiger partial charge in [0.25, 0.3) is 11.6 Å². The third-order valence-corrected chi connectivity index (χ3v) is 6.06. The van der Waals surface area contributed by atoms with E-state index in [0.29, 0.717) is 5.69 Å². The monoisotopic (exact) mass is 429 g/mol. The number of aromatic nitrogens is 1. The van der Waals surface area contributed by atoms with E-state index in [1.54, 1.807) is 10.9 Å². The number of ether oxygens (including phenoxy) is 2. The molecule has 1 heterocycles. The van der Waals surface area contributed by atoms with E-state index in [4.69, 9.17) is 9.47 Å². The van der Waals surface area contributed by atoms with Crippen molar-refractivity contribution in [2.24, 2.45) is 0 Å². The van der Waals surface area contributed by atoms with E-state index in [0.717, 1.165) is 6.07 Å². The number of carbonyl (C=O) groups excluding carboxylic acids is 1. The predicted molar refractivity (Wildman–Crippen MR) is 103 cm³/mol. The molecule has 0 aliphatic heterocycles. The van der Waals surface area contributed by atoms with Crippen molar-refractivity contribution in [2.45, 2.75) is 13.5 Å². The van der Waals surface area contributed by atoms with Crippen LogP contribution in [0.25, 0.3) is 0 Å². The van der Waals surface area contributed by atoms with Crippen LogP contribution >= 0.6 is 11.3 Å². The van der Waals surface area contributed by atoms with Gasteiger partial charge in [-0.2, -0.15) is 0 Å². The largest absolute Gasteiger partial charge is 0.493 e. The minimum absolute atomic E-state index is 0.0537. The zero-order valence-electron chi connectivity index (χ0n) is 15.2. The number of nitro groups is 1. The van der Waals surface area contributed by atoms with Crippen LogP contribution in [0.1, 0.15) is 23.0 Å². The molecule has 1 N–H and O–H groups in total. The van der Waals surface area contributed by atoms with E-state index >= 15 is 0 Å². The van der Waals surface area contributed by atoms with Crippen molar-refractivity contribution in [1.29, 1.82) is 0 Å². The molecule has 1 aromatic carbocycles. The van der Waals surface area contributed by atoms with E-state index in [-0.39, 0.29) is 41.7 Å². The molecule has 10 nitrogen and oxygen atoms in total. The Morgan fingerprint density at radius 2 is 2.11 bits per heavy atom. The Bertz CT molecular complexity index is 943. The van der Waals surface area contributed by atoms with Gasteiger partial charge < -0.3 is 14.8 Å². The molecular formula is C16H19N3O7S2. The lowest BCUT2D eigenvalue weighted by molar-refractivity contribution is -0.385. The maximum absolute atomic E-state index is 12.4. The lowest BCUT2D eigenvalue weighted by Gasteiger charge is -2.12. The Kier molecular flexibility index (Phi) is 7.29.